The molecule has 5 heteroatoms. The Kier molecular flexibility index (Phi) is 6.54. The number of aryl methyl sites for hydroxylation is 2. The van der Waals surface area contributed by atoms with Crippen molar-refractivity contribution in [2.45, 2.75) is 37.7 Å². The molecule has 2 aromatic carbocycles. The molecule has 0 aliphatic heterocycles. The SMILES string of the molecule is Cc1ccc(S(=O)(=O)OC[C@H](O)[C@H](C)CCc2ccccc2)cc1. The normalized spacial score (nSPS) is 14.3. The number of aliphatic hydroxyl groups is 1. The molecule has 0 unspecified atom stereocenters. The van der Waals surface area contributed by atoms with Gasteiger partial charge in [-0.3, -0.25) is 4.18 Å². The van der Waals surface area contributed by atoms with Crippen molar-refractivity contribution in [3.05, 3.63) is 65.7 Å². The number of hydrogen-bond acceptors (Lipinski definition) is 4. The molecular weight excluding hydrogens is 324 g/mol. The lowest BCUT2D eigenvalue weighted by Crippen LogP contribution is -2.26. The maximum atomic E-state index is 12.1. The quantitative estimate of drug-likeness (QED) is 0.743. The Labute approximate surface area is 144 Å². The first-order chi connectivity index (χ1) is 11.4. The average molecular weight is 348 g/mol. The van der Waals surface area contributed by atoms with Crippen molar-refractivity contribution >= 4 is 10.1 Å². The molecule has 1 N–H and O–H groups in total. The Morgan fingerprint density at radius 2 is 1.67 bits per heavy atom. The molecule has 0 aromatic heterocycles. The van der Waals surface area contributed by atoms with Gasteiger partial charge in [-0.2, -0.15) is 8.42 Å². The van der Waals surface area contributed by atoms with Gasteiger partial charge in [-0.15, -0.1) is 0 Å². The average Bonchev–Trinajstić information content (AvgIpc) is 2.59. The first kappa shape index (κ1) is 18.6. The standard InChI is InChI=1S/C19H24O4S/c1-15-8-12-18(13-9-15)24(21,22)23-14-19(20)16(2)10-11-17-6-4-3-5-7-17/h3-9,12-13,16,19-20H,10-11,14H2,1-2H3/t16-,19+/m1/s1. The maximum absolute atomic E-state index is 12.1. The van der Waals surface area contributed by atoms with E-state index in [-0.39, 0.29) is 17.4 Å². The molecule has 0 saturated heterocycles. The zero-order chi connectivity index (χ0) is 17.6. The monoisotopic (exact) mass is 348 g/mol. The Balaban J connectivity index is 1.85. The van der Waals surface area contributed by atoms with Crippen LogP contribution >= 0.6 is 0 Å². The summed E-state index contributed by atoms with van der Waals surface area (Å²) in [7, 11) is -3.83. The number of aliphatic hydroxyl groups excluding tert-OH is 1. The predicted molar refractivity (Wildman–Crippen MR) is 94.3 cm³/mol. The van der Waals surface area contributed by atoms with Gasteiger partial charge in [0.25, 0.3) is 10.1 Å². The largest absolute Gasteiger partial charge is 0.390 e. The van der Waals surface area contributed by atoms with Gasteiger partial charge in [0.1, 0.15) is 0 Å². The Morgan fingerprint density at radius 1 is 1.04 bits per heavy atom. The molecule has 24 heavy (non-hydrogen) atoms. The summed E-state index contributed by atoms with van der Waals surface area (Å²) in [5.41, 5.74) is 2.17. The zero-order valence-electron chi connectivity index (χ0n) is 14.1. The second-order valence-corrected chi connectivity index (χ2v) is 7.74. The van der Waals surface area contributed by atoms with Crippen molar-refractivity contribution in [2.75, 3.05) is 6.61 Å². The van der Waals surface area contributed by atoms with Gasteiger partial charge in [0.2, 0.25) is 0 Å². The van der Waals surface area contributed by atoms with Gasteiger partial charge >= 0.3 is 0 Å². The molecule has 0 radical (unpaired) electrons. The van der Waals surface area contributed by atoms with Crippen molar-refractivity contribution in [3.63, 3.8) is 0 Å². The highest BCUT2D eigenvalue weighted by atomic mass is 32.2. The summed E-state index contributed by atoms with van der Waals surface area (Å²) in [6.45, 7) is 3.55. The van der Waals surface area contributed by atoms with Gasteiger partial charge < -0.3 is 5.11 Å². The van der Waals surface area contributed by atoms with Crippen LogP contribution in [0.1, 0.15) is 24.5 Å². The zero-order valence-corrected chi connectivity index (χ0v) is 14.9. The lowest BCUT2D eigenvalue weighted by molar-refractivity contribution is 0.0629. The van der Waals surface area contributed by atoms with Crippen LogP contribution in [0.3, 0.4) is 0 Å². The van der Waals surface area contributed by atoms with Crippen molar-refractivity contribution in [3.8, 4) is 0 Å². The summed E-state index contributed by atoms with van der Waals surface area (Å²) in [5.74, 6) is -0.0570. The second kappa shape index (κ2) is 8.42. The number of rotatable bonds is 8. The molecule has 0 saturated carbocycles. The van der Waals surface area contributed by atoms with Gasteiger partial charge in [-0.05, 0) is 43.4 Å². The molecule has 0 spiro atoms. The lowest BCUT2D eigenvalue weighted by atomic mass is 9.96. The molecule has 130 valence electrons. The van der Waals surface area contributed by atoms with E-state index in [1.54, 1.807) is 12.1 Å². The Bertz CT molecular complexity index is 724. The molecule has 0 bridgehead atoms. The molecule has 0 heterocycles. The molecule has 2 rings (SSSR count). The van der Waals surface area contributed by atoms with E-state index in [2.05, 4.69) is 0 Å². The van der Waals surface area contributed by atoms with E-state index in [4.69, 9.17) is 4.18 Å². The third-order valence-corrected chi connectivity index (χ3v) is 5.39. The van der Waals surface area contributed by atoms with Crippen LogP contribution in [-0.4, -0.2) is 26.2 Å². The minimum Gasteiger partial charge on any atom is -0.390 e. The summed E-state index contributed by atoms with van der Waals surface area (Å²) in [6.07, 6.45) is 0.775. The van der Waals surface area contributed by atoms with Crippen LogP contribution in [0, 0.1) is 12.8 Å². The number of benzene rings is 2. The minimum atomic E-state index is -3.83. The van der Waals surface area contributed by atoms with Crippen LogP contribution in [0.4, 0.5) is 0 Å². The first-order valence-corrected chi connectivity index (χ1v) is 9.47. The van der Waals surface area contributed by atoms with Crippen LogP contribution in [-0.2, 0) is 20.7 Å². The highest BCUT2D eigenvalue weighted by Gasteiger charge is 2.20. The van der Waals surface area contributed by atoms with Gasteiger partial charge in [0.15, 0.2) is 0 Å². The summed E-state index contributed by atoms with van der Waals surface area (Å²) >= 11 is 0. The van der Waals surface area contributed by atoms with Crippen LogP contribution in [0.2, 0.25) is 0 Å². The minimum absolute atomic E-state index is 0.0570. The topological polar surface area (TPSA) is 63.6 Å². The summed E-state index contributed by atoms with van der Waals surface area (Å²) in [5, 5.41) is 10.2. The molecule has 0 amide bonds. The van der Waals surface area contributed by atoms with Gasteiger partial charge in [-0.1, -0.05) is 55.0 Å². The van der Waals surface area contributed by atoms with E-state index in [9.17, 15) is 13.5 Å². The van der Waals surface area contributed by atoms with Gasteiger partial charge in [-0.25, -0.2) is 0 Å². The summed E-state index contributed by atoms with van der Waals surface area (Å²) < 4.78 is 29.2. The third-order valence-electron chi connectivity index (χ3n) is 4.09. The third kappa shape index (κ3) is 5.44. The summed E-state index contributed by atoms with van der Waals surface area (Å²) in [4.78, 5) is 0.109. The van der Waals surface area contributed by atoms with Crippen molar-refractivity contribution in [1.82, 2.24) is 0 Å². The summed E-state index contributed by atoms with van der Waals surface area (Å²) in [6, 6.07) is 16.5. The fourth-order valence-electron chi connectivity index (χ4n) is 2.33. The smallest absolute Gasteiger partial charge is 0.297 e. The Hall–Kier alpha value is -1.69. The number of hydrogen-bond donors (Lipinski definition) is 1. The molecule has 2 aromatic rings. The van der Waals surface area contributed by atoms with Crippen LogP contribution in [0.25, 0.3) is 0 Å². The Morgan fingerprint density at radius 3 is 2.29 bits per heavy atom. The van der Waals surface area contributed by atoms with Crippen molar-refractivity contribution in [2.24, 2.45) is 5.92 Å². The molecule has 2 atom stereocenters. The van der Waals surface area contributed by atoms with E-state index < -0.39 is 16.2 Å². The lowest BCUT2D eigenvalue weighted by Gasteiger charge is -2.18. The van der Waals surface area contributed by atoms with Crippen LogP contribution in [0.5, 0.6) is 0 Å². The molecule has 0 fully saturated rings. The van der Waals surface area contributed by atoms with Crippen LogP contribution < -0.4 is 0 Å². The van der Waals surface area contributed by atoms with Crippen molar-refractivity contribution in [1.29, 1.82) is 0 Å². The van der Waals surface area contributed by atoms with Gasteiger partial charge in [0, 0.05) is 0 Å². The van der Waals surface area contributed by atoms with E-state index >= 15 is 0 Å². The van der Waals surface area contributed by atoms with Crippen LogP contribution in [0.15, 0.2) is 59.5 Å². The maximum Gasteiger partial charge on any atom is 0.297 e. The van der Waals surface area contributed by atoms with Gasteiger partial charge in [0.05, 0.1) is 17.6 Å². The molecule has 0 aliphatic rings. The van der Waals surface area contributed by atoms with E-state index in [1.807, 2.05) is 44.2 Å². The highest BCUT2D eigenvalue weighted by molar-refractivity contribution is 7.86. The van der Waals surface area contributed by atoms with E-state index in [0.29, 0.717) is 0 Å². The molecular formula is C19H24O4S. The second-order valence-electron chi connectivity index (χ2n) is 6.12. The fourth-order valence-corrected chi connectivity index (χ4v) is 3.25. The highest BCUT2D eigenvalue weighted by Crippen LogP contribution is 2.17. The van der Waals surface area contributed by atoms with E-state index in [1.165, 1.54) is 17.7 Å². The van der Waals surface area contributed by atoms with E-state index in [0.717, 1.165) is 18.4 Å². The fraction of sp³-hybridized carbons (Fsp3) is 0.368. The first-order valence-electron chi connectivity index (χ1n) is 8.06. The predicted octanol–water partition coefficient (Wildman–Crippen LogP) is 3.33. The molecule has 0 aliphatic carbocycles. The van der Waals surface area contributed by atoms with Crippen molar-refractivity contribution < 1.29 is 17.7 Å². The molecule has 4 nitrogen and oxygen atoms in total.